The molecule has 0 aromatic carbocycles. The minimum absolute atomic E-state index is 0.0760. The fourth-order valence-corrected chi connectivity index (χ4v) is 6.66. The largest absolute Gasteiger partial charge is 0.432 e. The molecule has 6 nitrogen and oxygen atoms in total. The van der Waals surface area contributed by atoms with Gasteiger partial charge in [0.1, 0.15) is 11.4 Å². The molecule has 1 N–H and O–H groups in total. The van der Waals surface area contributed by atoms with Crippen LogP contribution in [0.5, 0.6) is 0 Å². The Morgan fingerprint density at radius 2 is 1.81 bits per heavy atom. The molecule has 0 aliphatic heterocycles. The Hall–Kier alpha value is -1.79. The van der Waals surface area contributed by atoms with E-state index in [-0.39, 0.29) is 46.8 Å². The molecule has 0 amide bonds. The first-order valence-electron chi connectivity index (χ1n) is 11.7. The van der Waals surface area contributed by atoms with Gasteiger partial charge in [-0.3, -0.25) is 4.79 Å². The molecule has 0 spiro atoms. The standard InChI is InChI=1S/C26H38O6/c1-16(2)13-22(28)32-12-8-19-18(14-17(3)27)23(29)26(30)11-10-25(5,31-6)20-7-9-24(19,4)15-21(20)26/h8,12-13,18-21,30H,7,9-11,14-15H2,1-6H3/b12-8+/t18-,19-,20?,21?,24-,25-,26-/m0/s1. The van der Waals surface area contributed by atoms with E-state index < -0.39 is 17.5 Å². The molecule has 3 aliphatic rings. The van der Waals surface area contributed by atoms with E-state index in [2.05, 4.69) is 13.8 Å². The van der Waals surface area contributed by atoms with Crippen LogP contribution in [0.3, 0.4) is 0 Å². The number of hydrogen-bond donors (Lipinski definition) is 1. The van der Waals surface area contributed by atoms with Crippen LogP contribution >= 0.6 is 0 Å². The second-order valence-electron chi connectivity index (χ2n) is 10.9. The lowest BCUT2D eigenvalue weighted by Gasteiger charge is -2.56. The molecule has 6 heteroatoms. The van der Waals surface area contributed by atoms with Gasteiger partial charge in [-0.2, -0.15) is 0 Å². The van der Waals surface area contributed by atoms with Crippen molar-refractivity contribution in [3.8, 4) is 0 Å². The molecule has 3 fully saturated rings. The van der Waals surface area contributed by atoms with E-state index >= 15 is 0 Å². The van der Waals surface area contributed by atoms with E-state index in [0.717, 1.165) is 18.4 Å². The van der Waals surface area contributed by atoms with E-state index in [0.29, 0.717) is 19.3 Å². The Bertz CT molecular complexity index is 839. The van der Waals surface area contributed by atoms with Crippen molar-refractivity contribution in [3.63, 3.8) is 0 Å². The lowest BCUT2D eigenvalue weighted by Crippen LogP contribution is -2.61. The molecule has 7 atom stereocenters. The highest BCUT2D eigenvalue weighted by Crippen LogP contribution is 2.62. The third-order valence-corrected chi connectivity index (χ3v) is 8.45. The Morgan fingerprint density at radius 3 is 2.41 bits per heavy atom. The number of carbonyl (C=O) groups is 3. The molecule has 2 unspecified atom stereocenters. The average Bonchev–Trinajstić information content (AvgIpc) is 2.75. The number of rotatable bonds is 6. The zero-order valence-corrected chi connectivity index (χ0v) is 20.3. The minimum atomic E-state index is -1.45. The Labute approximate surface area is 191 Å². The molecule has 2 bridgehead atoms. The van der Waals surface area contributed by atoms with Gasteiger partial charge in [-0.05, 0) is 83.1 Å². The highest BCUT2D eigenvalue weighted by molar-refractivity contribution is 5.94. The van der Waals surface area contributed by atoms with Crippen LogP contribution < -0.4 is 0 Å². The SMILES string of the molecule is CO[C@@]1(C)CC[C@@]2(O)C(=O)[C@@H](CC(C)=O)[C@H](/C=C/OC(=O)C=C(C)C)[C@@]3(C)CCC1C2C3. The number of fused-ring (bicyclic) bond motifs is 1. The maximum Gasteiger partial charge on any atom is 0.335 e. The third kappa shape index (κ3) is 4.36. The smallest absolute Gasteiger partial charge is 0.335 e. The van der Waals surface area contributed by atoms with Gasteiger partial charge in [0, 0.05) is 31.4 Å². The number of carbonyl (C=O) groups excluding carboxylic acids is 3. The van der Waals surface area contributed by atoms with Gasteiger partial charge >= 0.3 is 5.97 Å². The summed E-state index contributed by atoms with van der Waals surface area (Å²) in [6.07, 6.45) is 7.94. The van der Waals surface area contributed by atoms with Crippen LogP contribution in [0, 0.1) is 29.1 Å². The Kier molecular flexibility index (Phi) is 6.88. The molecule has 0 heterocycles. The van der Waals surface area contributed by atoms with Gasteiger partial charge in [-0.1, -0.05) is 12.5 Å². The molecule has 0 aromatic heterocycles. The summed E-state index contributed by atoms with van der Waals surface area (Å²) < 4.78 is 11.2. The van der Waals surface area contributed by atoms with Gasteiger partial charge in [0.25, 0.3) is 0 Å². The molecular weight excluding hydrogens is 408 g/mol. The molecule has 3 rings (SSSR count). The van der Waals surface area contributed by atoms with Crippen LogP contribution in [0.15, 0.2) is 24.0 Å². The second-order valence-corrected chi connectivity index (χ2v) is 10.9. The average molecular weight is 447 g/mol. The van der Waals surface area contributed by atoms with E-state index in [1.807, 2.05) is 13.8 Å². The van der Waals surface area contributed by atoms with Gasteiger partial charge in [0.2, 0.25) is 0 Å². The first kappa shape index (κ1) is 24.8. The Morgan fingerprint density at radius 1 is 1.12 bits per heavy atom. The highest BCUT2D eigenvalue weighted by atomic mass is 16.5. The lowest BCUT2D eigenvalue weighted by molar-refractivity contribution is -0.192. The summed E-state index contributed by atoms with van der Waals surface area (Å²) >= 11 is 0. The van der Waals surface area contributed by atoms with Gasteiger partial charge in [-0.15, -0.1) is 0 Å². The minimum Gasteiger partial charge on any atom is -0.432 e. The van der Waals surface area contributed by atoms with E-state index in [9.17, 15) is 19.5 Å². The summed E-state index contributed by atoms with van der Waals surface area (Å²) in [5, 5.41) is 11.8. The van der Waals surface area contributed by atoms with Crippen molar-refractivity contribution in [1.82, 2.24) is 0 Å². The van der Waals surface area contributed by atoms with Crippen molar-refractivity contribution in [3.05, 3.63) is 24.0 Å². The second kappa shape index (κ2) is 8.86. The van der Waals surface area contributed by atoms with Crippen molar-refractivity contribution in [2.24, 2.45) is 29.1 Å². The van der Waals surface area contributed by atoms with Crippen LogP contribution in [0.4, 0.5) is 0 Å². The summed E-state index contributed by atoms with van der Waals surface area (Å²) in [4.78, 5) is 38.0. The molecule has 0 radical (unpaired) electrons. The van der Waals surface area contributed by atoms with Crippen molar-refractivity contribution >= 4 is 17.5 Å². The molecule has 32 heavy (non-hydrogen) atoms. The van der Waals surface area contributed by atoms with Crippen LogP contribution in [0.1, 0.15) is 73.1 Å². The fraction of sp³-hybridized carbons (Fsp3) is 0.731. The van der Waals surface area contributed by atoms with Crippen molar-refractivity contribution in [2.75, 3.05) is 7.11 Å². The van der Waals surface area contributed by atoms with Crippen molar-refractivity contribution < 1.29 is 29.0 Å². The maximum atomic E-state index is 13.9. The number of esters is 1. The summed E-state index contributed by atoms with van der Waals surface area (Å²) in [6, 6.07) is 0. The predicted octanol–water partition coefficient (Wildman–Crippen LogP) is 4.16. The summed E-state index contributed by atoms with van der Waals surface area (Å²) in [5.41, 5.74) is -1.29. The summed E-state index contributed by atoms with van der Waals surface area (Å²) in [6.45, 7) is 9.34. The quantitative estimate of drug-likeness (QED) is 0.374. The number of hydrogen-bond acceptors (Lipinski definition) is 6. The number of Topliss-reactive ketones (excluding diaryl/α,β-unsaturated/α-hetero) is 2. The first-order chi connectivity index (χ1) is 14.9. The zero-order valence-electron chi connectivity index (χ0n) is 20.3. The van der Waals surface area contributed by atoms with Crippen LogP contribution in [0.25, 0.3) is 0 Å². The normalized spacial score (nSPS) is 41.2. The highest BCUT2D eigenvalue weighted by Gasteiger charge is 2.65. The maximum absolute atomic E-state index is 13.9. The molecule has 3 aliphatic carbocycles. The predicted molar refractivity (Wildman–Crippen MR) is 120 cm³/mol. The van der Waals surface area contributed by atoms with E-state index in [1.165, 1.54) is 19.3 Å². The molecule has 0 saturated heterocycles. The topological polar surface area (TPSA) is 89.9 Å². The van der Waals surface area contributed by atoms with Crippen LogP contribution in [-0.2, 0) is 23.9 Å². The Balaban J connectivity index is 2.02. The number of ether oxygens (including phenoxy) is 2. The third-order valence-electron chi connectivity index (χ3n) is 8.45. The van der Waals surface area contributed by atoms with Crippen LogP contribution in [-0.4, -0.2) is 41.0 Å². The molecule has 3 saturated carbocycles. The van der Waals surface area contributed by atoms with Crippen molar-refractivity contribution in [1.29, 1.82) is 0 Å². The van der Waals surface area contributed by atoms with E-state index in [4.69, 9.17) is 9.47 Å². The van der Waals surface area contributed by atoms with Gasteiger partial charge in [0.05, 0.1) is 11.9 Å². The number of ketones is 2. The van der Waals surface area contributed by atoms with Gasteiger partial charge in [-0.25, -0.2) is 4.79 Å². The fourth-order valence-electron chi connectivity index (χ4n) is 6.66. The zero-order chi connectivity index (χ0) is 23.9. The van der Waals surface area contributed by atoms with Gasteiger partial charge < -0.3 is 19.4 Å². The number of methoxy groups -OCH3 is 1. The first-order valence-corrected chi connectivity index (χ1v) is 11.7. The molecular formula is C26H38O6. The monoisotopic (exact) mass is 446 g/mol. The van der Waals surface area contributed by atoms with Crippen molar-refractivity contribution in [2.45, 2.75) is 84.3 Å². The summed E-state index contributed by atoms with van der Waals surface area (Å²) in [7, 11) is 1.71. The van der Waals surface area contributed by atoms with E-state index in [1.54, 1.807) is 13.2 Å². The molecule has 178 valence electrons. The number of aliphatic hydroxyl groups is 1. The lowest BCUT2D eigenvalue weighted by atomic mass is 9.52. The van der Waals surface area contributed by atoms with Crippen LogP contribution in [0.2, 0.25) is 0 Å². The molecule has 0 aromatic rings. The van der Waals surface area contributed by atoms with Gasteiger partial charge in [0.15, 0.2) is 5.78 Å². The summed E-state index contributed by atoms with van der Waals surface area (Å²) in [5.74, 6) is -1.87. The number of allylic oxidation sites excluding steroid dienone is 2.